The molecule has 2 aromatic heterocycles. The zero-order valence-electron chi connectivity index (χ0n) is 13.4. The zero-order valence-corrected chi connectivity index (χ0v) is 14.2. The molecule has 2 heterocycles. The van der Waals surface area contributed by atoms with Gasteiger partial charge in [-0.15, -0.1) is 0 Å². The van der Waals surface area contributed by atoms with Crippen molar-refractivity contribution in [3.63, 3.8) is 0 Å². The molecule has 0 bridgehead atoms. The Morgan fingerprint density at radius 1 is 1.13 bits per heavy atom. The Morgan fingerprint density at radius 3 is 2.48 bits per heavy atom. The first-order chi connectivity index (χ1) is 10.7. The van der Waals surface area contributed by atoms with E-state index in [9.17, 15) is 8.42 Å². The molecule has 2 N–H and O–H groups in total. The molecule has 0 radical (unpaired) electrons. The average Bonchev–Trinajstić information content (AvgIpc) is 2.77. The van der Waals surface area contributed by atoms with Gasteiger partial charge in [0.2, 0.25) is 10.0 Å². The molecule has 7 heteroatoms. The number of aromatic nitrogens is 3. The number of aromatic amines is 1. The van der Waals surface area contributed by atoms with Crippen molar-refractivity contribution in [2.75, 3.05) is 11.0 Å². The molecule has 0 saturated carbocycles. The van der Waals surface area contributed by atoms with E-state index in [4.69, 9.17) is 4.98 Å². The molecular weight excluding hydrogens is 312 g/mol. The van der Waals surface area contributed by atoms with E-state index in [2.05, 4.69) is 14.9 Å². The third-order valence-corrected chi connectivity index (χ3v) is 4.31. The lowest BCUT2D eigenvalue weighted by Crippen LogP contribution is -2.09. The lowest BCUT2D eigenvalue weighted by Gasteiger charge is -2.09. The number of aryl methyl sites for hydroxylation is 3. The molecule has 0 amide bonds. The van der Waals surface area contributed by atoms with E-state index in [1.807, 2.05) is 32.9 Å². The van der Waals surface area contributed by atoms with Crippen molar-refractivity contribution >= 4 is 26.6 Å². The lowest BCUT2D eigenvalue weighted by molar-refractivity contribution is 0.607. The van der Waals surface area contributed by atoms with Crippen LogP contribution in [0.5, 0.6) is 0 Å². The van der Waals surface area contributed by atoms with E-state index in [1.54, 1.807) is 12.1 Å². The first kappa shape index (κ1) is 15.5. The number of sulfonamides is 1. The van der Waals surface area contributed by atoms with Crippen LogP contribution in [0.4, 0.5) is 5.69 Å². The van der Waals surface area contributed by atoms with Crippen LogP contribution in [0.25, 0.3) is 22.2 Å². The second-order valence-electron chi connectivity index (χ2n) is 5.74. The maximum Gasteiger partial charge on any atom is 0.229 e. The smallest absolute Gasteiger partial charge is 0.229 e. The summed E-state index contributed by atoms with van der Waals surface area (Å²) in [6.45, 7) is 5.90. The Balaban J connectivity index is 2.15. The first-order valence-corrected chi connectivity index (χ1v) is 9.05. The normalized spacial score (nSPS) is 11.8. The Labute approximate surface area is 135 Å². The van der Waals surface area contributed by atoms with Gasteiger partial charge < -0.3 is 0 Å². The number of pyridine rings is 1. The summed E-state index contributed by atoms with van der Waals surface area (Å²) in [6, 6.07) is 7.34. The average molecular weight is 330 g/mol. The van der Waals surface area contributed by atoms with Crippen molar-refractivity contribution in [1.82, 2.24) is 15.2 Å². The highest BCUT2D eigenvalue weighted by molar-refractivity contribution is 7.92. The van der Waals surface area contributed by atoms with Crippen molar-refractivity contribution in [3.05, 3.63) is 41.2 Å². The van der Waals surface area contributed by atoms with Crippen LogP contribution in [-0.2, 0) is 10.0 Å². The van der Waals surface area contributed by atoms with Crippen LogP contribution >= 0.6 is 0 Å². The molecule has 23 heavy (non-hydrogen) atoms. The minimum absolute atomic E-state index is 0.535. The van der Waals surface area contributed by atoms with Gasteiger partial charge in [-0.1, -0.05) is 0 Å². The van der Waals surface area contributed by atoms with Crippen LogP contribution in [-0.4, -0.2) is 29.9 Å². The number of hydrogen-bond acceptors (Lipinski definition) is 4. The van der Waals surface area contributed by atoms with E-state index in [-0.39, 0.29) is 0 Å². The summed E-state index contributed by atoms with van der Waals surface area (Å²) in [5.74, 6) is 0. The molecule has 6 nitrogen and oxygen atoms in total. The quantitative estimate of drug-likeness (QED) is 0.773. The lowest BCUT2D eigenvalue weighted by atomic mass is 10.0. The van der Waals surface area contributed by atoms with Gasteiger partial charge in [0.05, 0.1) is 23.2 Å². The van der Waals surface area contributed by atoms with E-state index in [1.165, 1.54) is 0 Å². The standard InChI is InChI=1S/C16H18N4O2S/c1-9-7-15(16-10(2)18-19-11(16)3)17-14-6-5-12(8-13(9)14)20-23(4,21)22/h5-8,20H,1-4H3,(H,18,19). The Kier molecular flexibility index (Phi) is 3.60. The third kappa shape index (κ3) is 3.05. The van der Waals surface area contributed by atoms with Gasteiger partial charge in [-0.3, -0.25) is 9.82 Å². The molecule has 0 atom stereocenters. The van der Waals surface area contributed by atoms with Crippen LogP contribution in [0.15, 0.2) is 24.3 Å². The molecule has 0 saturated heterocycles. The summed E-state index contributed by atoms with van der Waals surface area (Å²) in [4.78, 5) is 4.70. The number of fused-ring (bicyclic) bond motifs is 1. The number of nitrogens with zero attached hydrogens (tertiary/aromatic N) is 2. The third-order valence-electron chi connectivity index (χ3n) is 3.70. The van der Waals surface area contributed by atoms with Gasteiger partial charge in [-0.25, -0.2) is 13.4 Å². The summed E-state index contributed by atoms with van der Waals surface area (Å²) < 4.78 is 25.2. The van der Waals surface area contributed by atoms with Crippen molar-refractivity contribution in [3.8, 4) is 11.3 Å². The summed E-state index contributed by atoms with van der Waals surface area (Å²) in [5, 5.41) is 8.10. The van der Waals surface area contributed by atoms with Gasteiger partial charge in [0.1, 0.15) is 0 Å². The van der Waals surface area contributed by atoms with Gasteiger partial charge in [-0.05, 0) is 50.6 Å². The highest BCUT2D eigenvalue weighted by Gasteiger charge is 2.13. The molecule has 3 aromatic rings. The molecule has 0 aliphatic heterocycles. The predicted octanol–water partition coefficient (Wildman–Crippen LogP) is 2.92. The maximum absolute atomic E-state index is 11.4. The minimum atomic E-state index is -3.30. The fourth-order valence-electron chi connectivity index (χ4n) is 2.73. The summed E-state index contributed by atoms with van der Waals surface area (Å²) in [7, 11) is -3.30. The molecular formula is C16H18N4O2S. The molecule has 0 unspecified atom stereocenters. The minimum Gasteiger partial charge on any atom is -0.284 e. The van der Waals surface area contributed by atoms with Crippen molar-refractivity contribution in [1.29, 1.82) is 0 Å². The molecule has 120 valence electrons. The Morgan fingerprint density at radius 2 is 1.87 bits per heavy atom. The number of anilines is 1. The van der Waals surface area contributed by atoms with Gasteiger partial charge in [0.15, 0.2) is 0 Å². The molecule has 3 rings (SSSR count). The van der Waals surface area contributed by atoms with Gasteiger partial charge >= 0.3 is 0 Å². The highest BCUT2D eigenvalue weighted by atomic mass is 32.2. The van der Waals surface area contributed by atoms with Gasteiger partial charge in [0.25, 0.3) is 0 Å². The topological polar surface area (TPSA) is 87.7 Å². The number of nitrogens with one attached hydrogen (secondary N) is 2. The molecule has 0 fully saturated rings. The van der Waals surface area contributed by atoms with Crippen LogP contribution in [0.2, 0.25) is 0 Å². The number of hydrogen-bond donors (Lipinski definition) is 2. The molecule has 0 spiro atoms. The predicted molar refractivity (Wildman–Crippen MR) is 92.0 cm³/mol. The summed E-state index contributed by atoms with van der Waals surface area (Å²) in [5.41, 5.74) is 6.14. The largest absolute Gasteiger partial charge is 0.284 e. The fraction of sp³-hybridized carbons (Fsp3) is 0.250. The monoisotopic (exact) mass is 330 g/mol. The number of H-pyrrole nitrogens is 1. The molecule has 0 aliphatic rings. The Bertz CT molecular complexity index is 987. The molecule has 1 aromatic carbocycles. The van der Waals surface area contributed by atoms with E-state index < -0.39 is 10.0 Å². The SMILES string of the molecule is Cc1n[nH]c(C)c1-c1cc(C)c2cc(NS(C)(=O)=O)ccc2n1. The highest BCUT2D eigenvalue weighted by Crippen LogP contribution is 2.29. The first-order valence-electron chi connectivity index (χ1n) is 7.16. The van der Waals surface area contributed by atoms with Crippen LogP contribution in [0, 0.1) is 20.8 Å². The fourth-order valence-corrected chi connectivity index (χ4v) is 3.28. The number of rotatable bonds is 3. The van der Waals surface area contributed by atoms with Crippen LogP contribution < -0.4 is 4.72 Å². The van der Waals surface area contributed by atoms with Crippen LogP contribution in [0.1, 0.15) is 17.0 Å². The van der Waals surface area contributed by atoms with E-state index >= 15 is 0 Å². The van der Waals surface area contributed by atoms with Crippen molar-refractivity contribution < 1.29 is 8.42 Å². The van der Waals surface area contributed by atoms with Crippen molar-refractivity contribution in [2.24, 2.45) is 0 Å². The number of benzene rings is 1. The van der Waals surface area contributed by atoms with Gasteiger partial charge in [0, 0.05) is 22.3 Å². The van der Waals surface area contributed by atoms with Crippen LogP contribution in [0.3, 0.4) is 0 Å². The van der Waals surface area contributed by atoms with Gasteiger partial charge in [-0.2, -0.15) is 5.10 Å². The zero-order chi connectivity index (χ0) is 16.8. The molecule has 0 aliphatic carbocycles. The Hall–Kier alpha value is -2.41. The van der Waals surface area contributed by atoms with E-state index in [0.29, 0.717) is 5.69 Å². The maximum atomic E-state index is 11.4. The summed E-state index contributed by atoms with van der Waals surface area (Å²) >= 11 is 0. The van der Waals surface area contributed by atoms with Crippen molar-refractivity contribution in [2.45, 2.75) is 20.8 Å². The second-order valence-corrected chi connectivity index (χ2v) is 7.49. The summed E-state index contributed by atoms with van der Waals surface area (Å²) in [6.07, 6.45) is 1.13. The van der Waals surface area contributed by atoms with E-state index in [0.717, 1.165) is 45.4 Å². The second kappa shape index (κ2) is 5.34.